The highest BCUT2D eigenvalue weighted by Crippen LogP contribution is 2.30. The Morgan fingerprint density at radius 2 is 1.62 bits per heavy atom. The van der Waals surface area contributed by atoms with Crippen LogP contribution in [0.25, 0.3) is 0 Å². The van der Waals surface area contributed by atoms with Gasteiger partial charge in [0.05, 0.1) is 10.1 Å². The van der Waals surface area contributed by atoms with Gasteiger partial charge in [0.1, 0.15) is 0 Å². The molecule has 0 atom stereocenters. The molecule has 0 N–H and O–H groups in total. The molecule has 1 aromatic rings. The van der Waals surface area contributed by atoms with Crippen LogP contribution in [0, 0.1) is 5.92 Å². The van der Waals surface area contributed by atoms with Crippen LogP contribution in [0.15, 0.2) is 35.2 Å². The van der Waals surface area contributed by atoms with Crippen LogP contribution < -0.4 is 0 Å². The van der Waals surface area contributed by atoms with Gasteiger partial charge in [-0.15, -0.1) is 0 Å². The first-order valence-corrected chi connectivity index (χ1v) is 9.21. The molecule has 21 heavy (non-hydrogen) atoms. The molecule has 1 aromatic carbocycles. The lowest BCUT2D eigenvalue weighted by Crippen LogP contribution is -2.46. The number of nitrogens with zero attached hydrogens (tertiary/aromatic N) is 1. The van der Waals surface area contributed by atoms with Crippen LogP contribution in [0.4, 0.5) is 0 Å². The van der Waals surface area contributed by atoms with E-state index in [1.807, 2.05) is 11.0 Å². The third kappa shape index (κ3) is 2.84. The summed E-state index contributed by atoms with van der Waals surface area (Å²) in [6.45, 7) is 1.15. The summed E-state index contributed by atoms with van der Waals surface area (Å²) in [4.78, 5) is 14.4. The second-order valence-corrected chi connectivity index (χ2v) is 8.24. The van der Waals surface area contributed by atoms with Crippen LogP contribution in [0.5, 0.6) is 0 Å². The second-order valence-electron chi connectivity index (χ2n) is 6.01. The van der Waals surface area contributed by atoms with Crippen molar-refractivity contribution in [3.8, 4) is 0 Å². The number of benzene rings is 1. The van der Waals surface area contributed by atoms with E-state index in [1.165, 1.54) is 0 Å². The molecule has 2 aliphatic rings. The molecule has 3 rings (SSSR count). The van der Waals surface area contributed by atoms with Crippen LogP contribution in [-0.4, -0.2) is 37.6 Å². The van der Waals surface area contributed by atoms with Crippen LogP contribution in [0.2, 0.25) is 0 Å². The fourth-order valence-electron chi connectivity index (χ4n) is 3.10. The summed E-state index contributed by atoms with van der Waals surface area (Å²) in [5.41, 5.74) is 0. The van der Waals surface area contributed by atoms with Crippen molar-refractivity contribution in [1.82, 2.24) is 4.90 Å². The molecule has 5 heteroatoms. The molecular formula is C16H21NO3S. The number of rotatable bonds is 3. The highest BCUT2D eigenvalue weighted by atomic mass is 32.2. The maximum atomic E-state index is 12.6. The molecule has 1 heterocycles. The van der Waals surface area contributed by atoms with Gasteiger partial charge in [-0.3, -0.25) is 4.79 Å². The molecule has 0 spiro atoms. The minimum Gasteiger partial charge on any atom is -0.342 e. The number of hydrogen-bond donors (Lipinski definition) is 0. The fraction of sp³-hybridized carbons (Fsp3) is 0.562. The first-order valence-electron chi connectivity index (χ1n) is 7.67. The molecule has 1 amide bonds. The van der Waals surface area contributed by atoms with Crippen molar-refractivity contribution in [2.45, 2.75) is 42.2 Å². The average Bonchev–Trinajstić information content (AvgIpc) is 2.46. The number of carbonyl (C=O) groups is 1. The number of piperidine rings is 1. The summed E-state index contributed by atoms with van der Waals surface area (Å²) in [5, 5.41) is -0.356. The number of sulfone groups is 1. The quantitative estimate of drug-likeness (QED) is 0.860. The predicted molar refractivity (Wildman–Crippen MR) is 80.6 cm³/mol. The van der Waals surface area contributed by atoms with E-state index in [0.717, 1.165) is 19.3 Å². The third-order valence-corrected chi connectivity index (χ3v) is 7.00. The van der Waals surface area contributed by atoms with E-state index in [9.17, 15) is 13.2 Å². The second kappa shape index (κ2) is 5.79. The van der Waals surface area contributed by atoms with Crippen LogP contribution in [0.3, 0.4) is 0 Å². The van der Waals surface area contributed by atoms with Gasteiger partial charge in [0.15, 0.2) is 9.84 Å². The van der Waals surface area contributed by atoms with Gasteiger partial charge in [-0.25, -0.2) is 8.42 Å². The van der Waals surface area contributed by atoms with E-state index in [2.05, 4.69) is 0 Å². The monoisotopic (exact) mass is 307 g/mol. The Balaban J connectivity index is 1.64. The molecule has 114 valence electrons. The van der Waals surface area contributed by atoms with Crippen molar-refractivity contribution >= 4 is 15.7 Å². The van der Waals surface area contributed by atoms with E-state index in [4.69, 9.17) is 0 Å². The number of amides is 1. The fourth-order valence-corrected chi connectivity index (χ4v) is 4.86. The lowest BCUT2D eigenvalue weighted by molar-refractivity contribution is -0.139. The molecule has 0 aromatic heterocycles. The molecule has 4 nitrogen and oxygen atoms in total. The number of hydrogen-bond acceptors (Lipinski definition) is 3. The summed E-state index contributed by atoms with van der Waals surface area (Å²) >= 11 is 0. The minimum atomic E-state index is -3.26. The standard InChI is InChI=1S/C16H21NO3S/c18-16(13-5-4-6-13)17-11-9-15(10-12-17)21(19,20)14-7-2-1-3-8-14/h1-3,7-8,13,15H,4-6,9-12H2. The van der Waals surface area contributed by atoms with Crippen molar-refractivity contribution in [1.29, 1.82) is 0 Å². The van der Waals surface area contributed by atoms with Gasteiger partial charge in [-0.1, -0.05) is 24.6 Å². The summed E-state index contributed by atoms with van der Waals surface area (Å²) < 4.78 is 25.1. The largest absolute Gasteiger partial charge is 0.342 e. The maximum absolute atomic E-state index is 12.6. The van der Waals surface area contributed by atoms with Gasteiger partial charge in [0.2, 0.25) is 5.91 Å². The van der Waals surface area contributed by atoms with Gasteiger partial charge < -0.3 is 4.90 Å². The summed E-state index contributed by atoms with van der Waals surface area (Å²) in [6, 6.07) is 8.63. The molecule has 0 bridgehead atoms. The normalized spacial score (nSPS) is 21.0. The lowest BCUT2D eigenvalue weighted by Gasteiger charge is -2.36. The zero-order valence-electron chi connectivity index (χ0n) is 12.1. The first kappa shape index (κ1) is 14.6. The Labute approximate surface area is 126 Å². The molecule has 0 unspecified atom stereocenters. The Kier molecular flexibility index (Phi) is 4.02. The molecule has 1 saturated carbocycles. The van der Waals surface area contributed by atoms with Gasteiger partial charge in [0, 0.05) is 19.0 Å². The van der Waals surface area contributed by atoms with Gasteiger partial charge in [0.25, 0.3) is 0 Å². The molecular weight excluding hydrogens is 286 g/mol. The van der Waals surface area contributed by atoms with Crippen molar-refractivity contribution < 1.29 is 13.2 Å². The lowest BCUT2D eigenvalue weighted by atomic mass is 9.84. The molecule has 1 aliphatic heterocycles. The summed E-state index contributed by atoms with van der Waals surface area (Å²) in [5.74, 6) is 0.434. The van der Waals surface area contributed by atoms with Crippen LogP contribution in [0.1, 0.15) is 32.1 Å². The third-order valence-electron chi connectivity index (χ3n) is 4.72. The highest BCUT2D eigenvalue weighted by molar-refractivity contribution is 7.92. The molecule has 2 fully saturated rings. The van der Waals surface area contributed by atoms with Gasteiger partial charge in [-0.05, 0) is 37.8 Å². The average molecular weight is 307 g/mol. The predicted octanol–water partition coefficient (Wildman–Crippen LogP) is 2.25. The van der Waals surface area contributed by atoms with Crippen molar-refractivity contribution in [3.63, 3.8) is 0 Å². The Morgan fingerprint density at radius 3 is 2.14 bits per heavy atom. The molecule has 1 aliphatic carbocycles. The van der Waals surface area contributed by atoms with E-state index < -0.39 is 9.84 Å². The van der Waals surface area contributed by atoms with E-state index in [0.29, 0.717) is 30.8 Å². The topological polar surface area (TPSA) is 54.5 Å². The van der Waals surface area contributed by atoms with E-state index in [1.54, 1.807) is 24.3 Å². The number of carbonyl (C=O) groups excluding carboxylic acids is 1. The Bertz CT molecular complexity index is 600. The van der Waals surface area contributed by atoms with E-state index in [-0.39, 0.29) is 17.1 Å². The van der Waals surface area contributed by atoms with Crippen LogP contribution >= 0.6 is 0 Å². The van der Waals surface area contributed by atoms with Crippen molar-refractivity contribution in [2.24, 2.45) is 5.92 Å². The smallest absolute Gasteiger partial charge is 0.225 e. The number of likely N-dealkylation sites (tertiary alicyclic amines) is 1. The highest BCUT2D eigenvalue weighted by Gasteiger charge is 2.35. The minimum absolute atomic E-state index is 0.201. The Hall–Kier alpha value is -1.36. The van der Waals surface area contributed by atoms with E-state index >= 15 is 0 Å². The van der Waals surface area contributed by atoms with Crippen LogP contribution in [-0.2, 0) is 14.6 Å². The SMILES string of the molecule is O=C(C1CCC1)N1CCC(S(=O)(=O)c2ccccc2)CC1. The van der Waals surface area contributed by atoms with Gasteiger partial charge in [-0.2, -0.15) is 0 Å². The maximum Gasteiger partial charge on any atom is 0.225 e. The van der Waals surface area contributed by atoms with Crippen molar-refractivity contribution in [3.05, 3.63) is 30.3 Å². The summed E-state index contributed by atoms with van der Waals surface area (Å²) in [6.07, 6.45) is 4.25. The zero-order chi connectivity index (χ0) is 14.9. The summed E-state index contributed by atoms with van der Waals surface area (Å²) in [7, 11) is -3.26. The zero-order valence-corrected chi connectivity index (χ0v) is 12.9. The molecule has 0 radical (unpaired) electrons. The van der Waals surface area contributed by atoms with Crippen molar-refractivity contribution in [2.75, 3.05) is 13.1 Å². The Morgan fingerprint density at radius 1 is 1.00 bits per heavy atom. The molecule has 1 saturated heterocycles. The first-order chi connectivity index (χ1) is 10.1. The van der Waals surface area contributed by atoms with Gasteiger partial charge >= 0.3 is 0 Å².